The number of hydrogen-bond donors (Lipinski definition) is 2. The molecule has 0 radical (unpaired) electrons. The largest absolute Gasteiger partial charge is 0.480 e. The zero-order valence-corrected chi connectivity index (χ0v) is 8.93. The van der Waals surface area contributed by atoms with Gasteiger partial charge >= 0.3 is 5.97 Å². The molecule has 1 aromatic rings. The standard InChI is InChI=1S/C10H13N3O3/c1-13-9(6-2-3-6)7(4-12-13)10(16)11-5-8(14)15/h4,6H,2-3,5H2,1H3,(H,11,16)(H,14,15). The predicted molar refractivity (Wildman–Crippen MR) is 55.2 cm³/mol. The van der Waals surface area contributed by atoms with Gasteiger partial charge in [0.1, 0.15) is 6.54 Å². The van der Waals surface area contributed by atoms with Crippen molar-refractivity contribution in [2.75, 3.05) is 6.54 Å². The number of aliphatic carboxylic acids is 1. The van der Waals surface area contributed by atoms with E-state index in [1.165, 1.54) is 6.20 Å². The zero-order chi connectivity index (χ0) is 11.7. The van der Waals surface area contributed by atoms with Crippen molar-refractivity contribution >= 4 is 11.9 Å². The number of aryl methyl sites for hydroxylation is 1. The maximum Gasteiger partial charge on any atom is 0.322 e. The maximum atomic E-state index is 11.7. The molecule has 1 saturated carbocycles. The van der Waals surface area contributed by atoms with Crippen LogP contribution in [0.25, 0.3) is 0 Å². The van der Waals surface area contributed by atoms with Crippen molar-refractivity contribution in [1.29, 1.82) is 0 Å². The van der Waals surface area contributed by atoms with Gasteiger partial charge in [-0.2, -0.15) is 5.10 Å². The fourth-order valence-electron chi connectivity index (χ4n) is 1.71. The smallest absolute Gasteiger partial charge is 0.322 e. The average molecular weight is 223 g/mol. The van der Waals surface area contributed by atoms with E-state index in [0.29, 0.717) is 11.5 Å². The Balaban J connectivity index is 2.13. The molecule has 0 atom stereocenters. The Labute approximate surface area is 92.3 Å². The molecule has 1 aromatic heterocycles. The molecule has 2 N–H and O–H groups in total. The third-order valence-corrected chi connectivity index (χ3v) is 2.59. The van der Waals surface area contributed by atoms with E-state index in [4.69, 9.17) is 5.11 Å². The van der Waals surface area contributed by atoms with Gasteiger partial charge in [0, 0.05) is 13.0 Å². The van der Waals surface area contributed by atoms with E-state index in [1.807, 2.05) is 0 Å². The lowest BCUT2D eigenvalue weighted by Crippen LogP contribution is -2.29. The molecule has 0 bridgehead atoms. The van der Waals surface area contributed by atoms with Crippen molar-refractivity contribution in [3.05, 3.63) is 17.5 Å². The molecule has 1 heterocycles. The minimum absolute atomic E-state index is 0.363. The number of carbonyl (C=O) groups is 2. The predicted octanol–water partition coefficient (Wildman–Crippen LogP) is 0.112. The van der Waals surface area contributed by atoms with E-state index < -0.39 is 5.97 Å². The molecule has 0 aliphatic heterocycles. The van der Waals surface area contributed by atoms with E-state index >= 15 is 0 Å². The number of carboxylic acid groups (broad SMARTS) is 1. The highest BCUT2D eigenvalue weighted by Gasteiger charge is 2.31. The minimum atomic E-state index is -1.05. The monoisotopic (exact) mass is 223 g/mol. The van der Waals surface area contributed by atoms with Gasteiger partial charge in [0.15, 0.2) is 0 Å². The second-order valence-corrected chi connectivity index (χ2v) is 3.92. The Morgan fingerprint density at radius 1 is 1.62 bits per heavy atom. The van der Waals surface area contributed by atoms with Crippen LogP contribution in [0.1, 0.15) is 34.8 Å². The van der Waals surface area contributed by atoms with Gasteiger partial charge in [-0.05, 0) is 12.8 Å². The highest BCUT2D eigenvalue weighted by molar-refractivity contribution is 5.96. The molecule has 6 heteroatoms. The molecule has 0 aromatic carbocycles. The van der Waals surface area contributed by atoms with Crippen molar-refractivity contribution in [1.82, 2.24) is 15.1 Å². The Morgan fingerprint density at radius 2 is 2.31 bits per heavy atom. The van der Waals surface area contributed by atoms with Gasteiger partial charge in [0.2, 0.25) is 0 Å². The summed E-state index contributed by atoms with van der Waals surface area (Å²) in [5.74, 6) is -1.01. The molecule has 1 amide bonds. The molecule has 0 saturated heterocycles. The Morgan fingerprint density at radius 3 is 2.88 bits per heavy atom. The van der Waals surface area contributed by atoms with Crippen LogP contribution in [0.4, 0.5) is 0 Å². The van der Waals surface area contributed by atoms with E-state index in [2.05, 4.69) is 10.4 Å². The summed E-state index contributed by atoms with van der Waals surface area (Å²) < 4.78 is 1.69. The number of carboxylic acids is 1. The van der Waals surface area contributed by atoms with Gasteiger partial charge in [-0.15, -0.1) is 0 Å². The molecular formula is C10H13N3O3. The fourth-order valence-corrected chi connectivity index (χ4v) is 1.71. The van der Waals surface area contributed by atoms with E-state index in [0.717, 1.165) is 18.5 Å². The van der Waals surface area contributed by atoms with E-state index in [-0.39, 0.29) is 12.5 Å². The molecule has 0 spiro atoms. The number of aromatic nitrogens is 2. The minimum Gasteiger partial charge on any atom is -0.480 e. The van der Waals surface area contributed by atoms with E-state index in [9.17, 15) is 9.59 Å². The Hall–Kier alpha value is -1.85. The number of nitrogens with one attached hydrogen (secondary N) is 1. The van der Waals surface area contributed by atoms with Crippen LogP contribution < -0.4 is 5.32 Å². The highest BCUT2D eigenvalue weighted by atomic mass is 16.4. The molecule has 1 aliphatic carbocycles. The molecule has 2 rings (SSSR count). The van der Waals surface area contributed by atoms with Crippen LogP contribution in [0.2, 0.25) is 0 Å². The third-order valence-electron chi connectivity index (χ3n) is 2.59. The first kappa shape index (κ1) is 10.7. The lowest BCUT2D eigenvalue weighted by molar-refractivity contribution is -0.135. The average Bonchev–Trinajstić information content (AvgIpc) is 2.99. The van der Waals surface area contributed by atoms with Crippen LogP contribution in [-0.2, 0) is 11.8 Å². The number of rotatable bonds is 4. The van der Waals surface area contributed by atoms with Gasteiger partial charge in [0.25, 0.3) is 5.91 Å². The van der Waals surface area contributed by atoms with Gasteiger partial charge in [-0.3, -0.25) is 14.3 Å². The van der Waals surface area contributed by atoms with Crippen LogP contribution in [0.5, 0.6) is 0 Å². The topological polar surface area (TPSA) is 84.2 Å². The van der Waals surface area contributed by atoms with Gasteiger partial charge in [0.05, 0.1) is 17.5 Å². The number of amides is 1. The second kappa shape index (κ2) is 3.96. The lowest BCUT2D eigenvalue weighted by Gasteiger charge is -2.04. The zero-order valence-electron chi connectivity index (χ0n) is 8.93. The summed E-state index contributed by atoms with van der Waals surface area (Å²) in [4.78, 5) is 22.0. The summed E-state index contributed by atoms with van der Waals surface area (Å²) in [6, 6.07) is 0. The third kappa shape index (κ3) is 2.05. The summed E-state index contributed by atoms with van der Waals surface area (Å²) >= 11 is 0. The Kier molecular flexibility index (Phi) is 2.64. The molecular weight excluding hydrogens is 210 g/mol. The molecule has 86 valence electrons. The lowest BCUT2D eigenvalue weighted by atomic mass is 10.1. The molecule has 1 fully saturated rings. The van der Waals surface area contributed by atoms with Crippen molar-refractivity contribution in [3.8, 4) is 0 Å². The molecule has 16 heavy (non-hydrogen) atoms. The van der Waals surface area contributed by atoms with E-state index in [1.54, 1.807) is 11.7 Å². The summed E-state index contributed by atoms with van der Waals surface area (Å²) in [5.41, 5.74) is 1.40. The summed E-state index contributed by atoms with van der Waals surface area (Å²) in [6.07, 6.45) is 3.63. The van der Waals surface area contributed by atoms with Crippen LogP contribution in [-0.4, -0.2) is 33.3 Å². The van der Waals surface area contributed by atoms with Gasteiger partial charge in [-0.1, -0.05) is 0 Å². The molecule has 0 unspecified atom stereocenters. The van der Waals surface area contributed by atoms with Crippen LogP contribution in [0.15, 0.2) is 6.20 Å². The normalized spacial score (nSPS) is 14.8. The second-order valence-electron chi connectivity index (χ2n) is 3.92. The fraction of sp³-hybridized carbons (Fsp3) is 0.500. The number of hydrogen-bond acceptors (Lipinski definition) is 3. The first-order valence-corrected chi connectivity index (χ1v) is 5.11. The van der Waals surface area contributed by atoms with Crippen molar-refractivity contribution in [3.63, 3.8) is 0 Å². The van der Waals surface area contributed by atoms with Crippen molar-refractivity contribution < 1.29 is 14.7 Å². The first-order valence-electron chi connectivity index (χ1n) is 5.11. The van der Waals surface area contributed by atoms with Gasteiger partial charge in [-0.25, -0.2) is 0 Å². The Bertz CT molecular complexity index is 435. The molecule has 6 nitrogen and oxygen atoms in total. The number of nitrogens with zero attached hydrogens (tertiary/aromatic N) is 2. The summed E-state index contributed by atoms with van der Waals surface area (Å²) in [5, 5.41) is 14.8. The number of carbonyl (C=O) groups excluding carboxylic acids is 1. The van der Waals surface area contributed by atoms with Gasteiger partial charge < -0.3 is 10.4 Å². The van der Waals surface area contributed by atoms with Crippen LogP contribution in [0, 0.1) is 0 Å². The molecule has 1 aliphatic rings. The van der Waals surface area contributed by atoms with Crippen molar-refractivity contribution in [2.24, 2.45) is 7.05 Å². The summed E-state index contributed by atoms with van der Waals surface area (Å²) in [7, 11) is 1.79. The van der Waals surface area contributed by atoms with Crippen LogP contribution >= 0.6 is 0 Å². The SMILES string of the molecule is Cn1ncc(C(=O)NCC(=O)O)c1C1CC1. The quantitative estimate of drug-likeness (QED) is 0.758. The highest BCUT2D eigenvalue weighted by Crippen LogP contribution is 2.41. The summed E-state index contributed by atoms with van der Waals surface area (Å²) in [6.45, 7) is -0.363. The van der Waals surface area contributed by atoms with Crippen LogP contribution in [0.3, 0.4) is 0 Å². The van der Waals surface area contributed by atoms with Crippen molar-refractivity contribution in [2.45, 2.75) is 18.8 Å². The maximum absolute atomic E-state index is 11.7. The first-order chi connectivity index (χ1) is 7.59.